The molecule has 0 atom stereocenters. The molecule has 0 radical (unpaired) electrons. The number of furan rings is 1. The minimum absolute atomic E-state index is 0.827. The summed E-state index contributed by atoms with van der Waals surface area (Å²) in [6, 6.07) is 8.04. The fourth-order valence-electron chi connectivity index (χ4n) is 2.24. The van der Waals surface area contributed by atoms with Crippen LogP contribution in [0.4, 0.5) is 0 Å². The predicted molar refractivity (Wildman–Crippen MR) is 92.6 cm³/mol. The second-order valence-corrected chi connectivity index (χ2v) is 4.98. The molecule has 1 aromatic heterocycles. The molecule has 0 saturated heterocycles. The lowest BCUT2D eigenvalue weighted by molar-refractivity contribution is 0.576. The molecule has 1 aliphatic rings. The number of fused-ring (bicyclic) bond motifs is 3. The summed E-state index contributed by atoms with van der Waals surface area (Å²) < 4.78 is 5.91. The van der Waals surface area contributed by atoms with Gasteiger partial charge in [-0.3, -0.25) is 0 Å². The van der Waals surface area contributed by atoms with Crippen LogP contribution in [0.15, 0.2) is 88.3 Å². The smallest absolute Gasteiger partial charge is 0.136 e. The Morgan fingerprint density at radius 2 is 1.64 bits per heavy atom. The maximum Gasteiger partial charge on any atom is 0.136 e. The van der Waals surface area contributed by atoms with Gasteiger partial charge in [0.25, 0.3) is 0 Å². The van der Waals surface area contributed by atoms with Crippen LogP contribution in [0.5, 0.6) is 0 Å². The maximum absolute atomic E-state index is 5.91. The van der Waals surface area contributed by atoms with Crippen LogP contribution in [0.25, 0.3) is 23.1 Å². The molecule has 0 aliphatic heterocycles. The van der Waals surface area contributed by atoms with Crippen molar-refractivity contribution >= 4 is 23.1 Å². The molecular formula is C21H16O. The van der Waals surface area contributed by atoms with Gasteiger partial charge in [-0.05, 0) is 49.4 Å². The number of rotatable bonds is 0. The average molecular weight is 284 g/mol. The summed E-state index contributed by atoms with van der Waals surface area (Å²) in [6.07, 6.45) is 17.5. The molecule has 3 rings (SSSR count). The molecule has 0 amide bonds. The Balaban J connectivity index is 2.29. The van der Waals surface area contributed by atoms with E-state index in [9.17, 15) is 0 Å². The lowest BCUT2D eigenvalue weighted by atomic mass is 10.2. The normalized spacial score (nSPS) is 17.2. The molecule has 0 fully saturated rings. The number of para-hydroxylation sites is 1. The van der Waals surface area contributed by atoms with E-state index in [1.54, 1.807) is 0 Å². The molecule has 1 nitrogen and oxygen atoms in total. The molecule has 0 spiro atoms. The van der Waals surface area contributed by atoms with E-state index in [0.717, 1.165) is 27.2 Å². The molecule has 1 heterocycles. The summed E-state index contributed by atoms with van der Waals surface area (Å²) in [7, 11) is 0. The lowest BCUT2D eigenvalue weighted by Gasteiger charge is -1.84. The number of allylic oxidation sites excluding steroid dienone is 6. The summed E-state index contributed by atoms with van der Waals surface area (Å²) in [6.45, 7) is 2.05. The van der Waals surface area contributed by atoms with Crippen LogP contribution in [-0.4, -0.2) is 0 Å². The first-order valence-corrected chi connectivity index (χ1v) is 7.21. The number of hydrogen-bond donors (Lipinski definition) is 0. The SMILES string of the molecule is CC1=CC=C=C/C=c2/oc3ccccc3/c2=C/C=C=CC=C1. The highest BCUT2D eigenvalue weighted by molar-refractivity contribution is 5.79. The zero-order chi connectivity index (χ0) is 15.2. The molecule has 0 bridgehead atoms. The third-order valence-corrected chi connectivity index (χ3v) is 3.33. The Kier molecular flexibility index (Phi) is 4.22. The fourth-order valence-corrected chi connectivity index (χ4v) is 2.24. The molecule has 0 saturated carbocycles. The largest absolute Gasteiger partial charge is 0.456 e. The van der Waals surface area contributed by atoms with E-state index in [1.807, 2.05) is 79.8 Å². The monoisotopic (exact) mass is 284 g/mol. The third-order valence-electron chi connectivity index (χ3n) is 3.33. The molecule has 1 aromatic carbocycles. The van der Waals surface area contributed by atoms with Gasteiger partial charge >= 0.3 is 0 Å². The van der Waals surface area contributed by atoms with E-state index >= 15 is 0 Å². The van der Waals surface area contributed by atoms with Gasteiger partial charge in [-0.15, -0.1) is 11.5 Å². The first kappa shape index (κ1) is 14.0. The molecule has 0 unspecified atom stereocenters. The molecule has 22 heavy (non-hydrogen) atoms. The van der Waals surface area contributed by atoms with Gasteiger partial charge in [0.2, 0.25) is 0 Å². The van der Waals surface area contributed by atoms with Crippen LogP contribution in [-0.2, 0) is 0 Å². The summed E-state index contributed by atoms with van der Waals surface area (Å²) in [5.41, 5.74) is 9.14. The van der Waals surface area contributed by atoms with Crippen LogP contribution >= 0.6 is 0 Å². The highest BCUT2D eigenvalue weighted by atomic mass is 16.3. The van der Waals surface area contributed by atoms with E-state index < -0.39 is 0 Å². The van der Waals surface area contributed by atoms with E-state index in [2.05, 4.69) is 17.5 Å². The maximum atomic E-state index is 5.91. The zero-order valence-electron chi connectivity index (χ0n) is 12.4. The van der Waals surface area contributed by atoms with Crippen LogP contribution in [0.3, 0.4) is 0 Å². The van der Waals surface area contributed by atoms with Crippen LogP contribution in [0, 0.1) is 0 Å². The standard InChI is InChI=1S/C21H16O/c1-17-11-5-2-3-7-13-18-19-14-9-10-16-21(19)22-20(18)15-8-4-6-12-17/h2,5-16H,1H3/b11-5?,17-12?,18-13-,20-15+. The van der Waals surface area contributed by atoms with E-state index in [4.69, 9.17) is 4.42 Å². The van der Waals surface area contributed by atoms with Gasteiger partial charge < -0.3 is 4.42 Å². The third kappa shape index (κ3) is 3.19. The van der Waals surface area contributed by atoms with Crippen molar-refractivity contribution in [3.05, 3.63) is 94.5 Å². The minimum Gasteiger partial charge on any atom is -0.456 e. The fraction of sp³-hybridized carbons (Fsp3) is 0.0476. The van der Waals surface area contributed by atoms with Crippen LogP contribution < -0.4 is 10.6 Å². The van der Waals surface area contributed by atoms with Gasteiger partial charge in [-0.2, -0.15) is 0 Å². The first-order chi connectivity index (χ1) is 10.8. The number of hydrogen-bond acceptors (Lipinski definition) is 1. The molecular weight excluding hydrogens is 268 g/mol. The second kappa shape index (κ2) is 6.65. The van der Waals surface area contributed by atoms with Crippen molar-refractivity contribution in [3.8, 4) is 0 Å². The van der Waals surface area contributed by atoms with Gasteiger partial charge in [0.1, 0.15) is 11.0 Å². The first-order valence-electron chi connectivity index (χ1n) is 7.21. The Labute approximate surface area is 129 Å². The van der Waals surface area contributed by atoms with Gasteiger partial charge in [-0.1, -0.05) is 42.0 Å². The van der Waals surface area contributed by atoms with Gasteiger partial charge in [0, 0.05) is 10.6 Å². The van der Waals surface area contributed by atoms with Crippen LogP contribution in [0.2, 0.25) is 0 Å². The Morgan fingerprint density at radius 1 is 0.864 bits per heavy atom. The summed E-state index contributed by atoms with van der Waals surface area (Å²) in [4.78, 5) is 0. The van der Waals surface area contributed by atoms with Crippen molar-refractivity contribution in [1.82, 2.24) is 0 Å². The highest BCUT2D eigenvalue weighted by Gasteiger charge is 2.00. The Morgan fingerprint density at radius 3 is 2.59 bits per heavy atom. The van der Waals surface area contributed by atoms with Crippen molar-refractivity contribution < 1.29 is 4.42 Å². The molecule has 1 aliphatic carbocycles. The summed E-state index contributed by atoms with van der Waals surface area (Å²) in [5, 5.41) is 2.16. The van der Waals surface area contributed by atoms with Crippen molar-refractivity contribution in [2.75, 3.05) is 0 Å². The molecule has 2 aromatic rings. The number of benzene rings is 1. The highest BCUT2D eigenvalue weighted by Crippen LogP contribution is 2.06. The Hall–Kier alpha value is -2.98. The predicted octanol–water partition coefficient (Wildman–Crippen LogP) is 3.93. The minimum atomic E-state index is 0.827. The average Bonchev–Trinajstić information content (AvgIpc) is 2.88. The molecule has 1 heteroatoms. The molecule has 0 N–H and O–H groups in total. The van der Waals surface area contributed by atoms with Crippen molar-refractivity contribution in [3.63, 3.8) is 0 Å². The van der Waals surface area contributed by atoms with Crippen molar-refractivity contribution in [1.29, 1.82) is 0 Å². The van der Waals surface area contributed by atoms with E-state index in [-0.39, 0.29) is 0 Å². The second-order valence-electron chi connectivity index (χ2n) is 4.98. The lowest BCUT2D eigenvalue weighted by Crippen LogP contribution is -2.19. The Bertz CT molecular complexity index is 994. The van der Waals surface area contributed by atoms with E-state index in [0.29, 0.717) is 0 Å². The topological polar surface area (TPSA) is 13.1 Å². The van der Waals surface area contributed by atoms with Gasteiger partial charge in [0.15, 0.2) is 0 Å². The quantitative estimate of drug-likeness (QED) is 0.668. The van der Waals surface area contributed by atoms with Crippen molar-refractivity contribution in [2.24, 2.45) is 0 Å². The molecule has 106 valence electrons. The summed E-state index contributed by atoms with van der Waals surface area (Å²) in [5.74, 6) is 0. The van der Waals surface area contributed by atoms with Gasteiger partial charge in [-0.25, -0.2) is 0 Å². The van der Waals surface area contributed by atoms with E-state index in [1.165, 1.54) is 0 Å². The zero-order valence-corrected chi connectivity index (χ0v) is 12.4. The van der Waals surface area contributed by atoms with Gasteiger partial charge in [0.05, 0.1) is 0 Å². The van der Waals surface area contributed by atoms with Crippen LogP contribution in [0.1, 0.15) is 6.92 Å². The van der Waals surface area contributed by atoms with Crippen molar-refractivity contribution in [2.45, 2.75) is 6.92 Å². The summed E-state index contributed by atoms with van der Waals surface area (Å²) >= 11 is 0.